The third-order valence-electron chi connectivity index (χ3n) is 3.58. The molecule has 2 rings (SSSR count). The zero-order valence-electron chi connectivity index (χ0n) is 9.84. The Hall–Kier alpha value is -0.820. The normalized spacial score (nSPS) is 22.4. The minimum Gasteiger partial charge on any atom is -0.317 e. The molecule has 0 saturated carbocycles. The maximum Gasteiger partial charge on any atom is -0.00431 e. The first-order valence-corrected chi connectivity index (χ1v) is 6.05. The van der Waals surface area contributed by atoms with Gasteiger partial charge < -0.3 is 5.32 Å². The summed E-state index contributed by atoms with van der Waals surface area (Å²) in [5.41, 5.74) is 4.39. The van der Waals surface area contributed by atoms with E-state index in [4.69, 9.17) is 0 Å². The largest absolute Gasteiger partial charge is 0.317 e. The van der Waals surface area contributed by atoms with Crippen molar-refractivity contribution in [3.8, 4) is 0 Å². The SMILES string of the molecule is Cc1ccc(C2CCCNCC2)cc1C. The Morgan fingerprint density at radius 2 is 1.93 bits per heavy atom. The second kappa shape index (κ2) is 4.80. The molecule has 0 bridgehead atoms. The first-order valence-electron chi connectivity index (χ1n) is 6.05. The topological polar surface area (TPSA) is 12.0 Å². The van der Waals surface area contributed by atoms with Crippen molar-refractivity contribution in [1.82, 2.24) is 5.32 Å². The molecule has 0 aliphatic carbocycles. The fourth-order valence-electron chi connectivity index (χ4n) is 2.37. The van der Waals surface area contributed by atoms with Gasteiger partial charge in [0.05, 0.1) is 0 Å². The summed E-state index contributed by atoms with van der Waals surface area (Å²) in [6, 6.07) is 6.96. The predicted octanol–water partition coefficient (Wildman–Crippen LogP) is 3.16. The van der Waals surface area contributed by atoms with Crippen molar-refractivity contribution in [2.75, 3.05) is 13.1 Å². The van der Waals surface area contributed by atoms with Crippen LogP contribution in [0.25, 0.3) is 0 Å². The van der Waals surface area contributed by atoms with Gasteiger partial charge in [0.25, 0.3) is 0 Å². The molecular weight excluding hydrogens is 182 g/mol. The Balaban J connectivity index is 2.16. The van der Waals surface area contributed by atoms with E-state index in [1.807, 2.05) is 0 Å². The number of rotatable bonds is 1. The van der Waals surface area contributed by atoms with E-state index in [-0.39, 0.29) is 0 Å². The van der Waals surface area contributed by atoms with Crippen molar-refractivity contribution in [1.29, 1.82) is 0 Å². The molecule has 0 amide bonds. The molecule has 1 fully saturated rings. The lowest BCUT2D eigenvalue weighted by Crippen LogP contribution is -2.13. The monoisotopic (exact) mass is 203 g/mol. The average Bonchev–Trinajstić information content (AvgIpc) is 2.50. The molecule has 1 N–H and O–H groups in total. The van der Waals surface area contributed by atoms with Gasteiger partial charge in [0.15, 0.2) is 0 Å². The van der Waals surface area contributed by atoms with Gasteiger partial charge in [-0.05, 0) is 68.8 Å². The summed E-state index contributed by atoms with van der Waals surface area (Å²) in [5, 5.41) is 3.47. The zero-order valence-corrected chi connectivity index (χ0v) is 9.84. The smallest absolute Gasteiger partial charge is 0.00431 e. The molecule has 82 valence electrons. The molecule has 1 aliphatic rings. The van der Waals surface area contributed by atoms with Crippen LogP contribution in [0.5, 0.6) is 0 Å². The quantitative estimate of drug-likeness (QED) is 0.739. The molecule has 0 radical (unpaired) electrons. The summed E-state index contributed by atoms with van der Waals surface area (Å²) in [5.74, 6) is 0.777. The molecular formula is C14H21N. The Kier molecular flexibility index (Phi) is 3.42. The molecule has 1 heterocycles. The highest BCUT2D eigenvalue weighted by Gasteiger charge is 2.14. The van der Waals surface area contributed by atoms with E-state index in [0.717, 1.165) is 5.92 Å². The number of nitrogens with one attached hydrogen (secondary N) is 1. The zero-order chi connectivity index (χ0) is 10.7. The molecule has 1 aromatic carbocycles. The maximum absolute atomic E-state index is 3.47. The van der Waals surface area contributed by atoms with Crippen molar-refractivity contribution < 1.29 is 0 Å². The van der Waals surface area contributed by atoms with Gasteiger partial charge in [-0.3, -0.25) is 0 Å². The lowest BCUT2D eigenvalue weighted by atomic mass is 9.90. The van der Waals surface area contributed by atoms with Crippen molar-refractivity contribution in [3.63, 3.8) is 0 Å². The summed E-state index contributed by atoms with van der Waals surface area (Å²) < 4.78 is 0. The van der Waals surface area contributed by atoms with Gasteiger partial charge >= 0.3 is 0 Å². The Labute approximate surface area is 92.9 Å². The van der Waals surface area contributed by atoms with Gasteiger partial charge in [0, 0.05) is 0 Å². The van der Waals surface area contributed by atoms with Crippen LogP contribution in [0.1, 0.15) is 41.9 Å². The van der Waals surface area contributed by atoms with E-state index in [1.165, 1.54) is 43.5 Å². The molecule has 1 unspecified atom stereocenters. The van der Waals surface area contributed by atoms with Crippen LogP contribution < -0.4 is 5.32 Å². The maximum atomic E-state index is 3.47. The van der Waals surface area contributed by atoms with Crippen LogP contribution >= 0.6 is 0 Å². The van der Waals surface area contributed by atoms with Gasteiger partial charge in [-0.15, -0.1) is 0 Å². The average molecular weight is 203 g/mol. The van der Waals surface area contributed by atoms with Gasteiger partial charge in [-0.1, -0.05) is 18.2 Å². The molecule has 1 atom stereocenters. The predicted molar refractivity (Wildman–Crippen MR) is 65.4 cm³/mol. The third kappa shape index (κ3) is 2.60. The third-order valence-corrected chi connectivity index (χ3v) is 3.58. The van der Waals surface area contributed by atoms with Crippen molar-refractivity contribution >= 4 is 0 Å². The molecule has 1 aromatic rings. The molecule has 1 saturated heterocycles. The number of hydrogen-bond acceptors (Lipinski definition) is 1. The van der Waals surface area contributed by atoms with Crippen molar-refractivity contribution in [2.24, 2.45) is 0 Å². The molecule has 1 nitrogen and oxygen atoms in total. The Morgan fingerprint density at radius 3 is 2.73 bits per heavy atom. The first kappa shape index (κ1) is 10.7. The van der Waals surface area contributed by atoms with Gasteiger partial charge in [-0.2, -0.15) is 0 Å². The lowest BCUT2D eigenvalue weighted by molar-refractivity contribution is 0.609. The highest BCUT2D eigenvalue weighted by Crippen LogP contribution is 2.27. The second-order valence-electron chi connectivity index (χ2n) is 4.72. The van der Waals surface area contributed by atoms with E-state index in [1.54, 1.807) is 5.56 Å². The van der Waals surface area contributed by atoms with Crippen molar-refractivity contribution in [2.45, 2.75) is 39.0 Å². The van der Waals surface area contributed by atoms with Crippen LogP contribution in [0.3, 0.4) is 0 Å². The fourth-order valence-corrected chi connectivity index (χ4v) is 2.37. The highest BCUT2D eigenvalue weighted by atomic mass is 14.8. The molecule has 1 heteroatoms. The summed E-state index contributed by atoms with van der Waals surface area (Å²) >= 11 is 0. The fraction of sp³-hybridized carbons (Fsp3) is 0.571. The van der Waals surface area contributed by atoms with Crippen molar-refractivity contribution in [3.05, 3.63) is 34.9 Å². The standard InChI is InChI=1S/C14H21N/c1-11-5-6-14(10-12(11)2)13-4-3-8-15-9-7-13/h5-6,10,13,15H,3-4,7-9H2,1-2H3. The number of aryl methyl sites for hydroxylation is 2. The Bertz CT molecular complexity index is 322. The van der Waals surface area contributed by atoms with E-state index in [2.05, 4.69) is 37.4 Å². The number of benzene rings is 1. The summed E-state index contributed by atoms with van der Waals surface area (Å²) in [4.78, 5) is 0. The lowest BCUT2D eigenvalue weighted by Gasteiger charge is -2.15. The number of hydrogen-bond donors (Lipinski definition) is 1. The van der Waals surface area contributed by atoms with Crippen LogP contribution in [-0.4, -0.2) is 13.1 Å². The summed E-state index contributed by atoms with van der Waals surface area (Å²) in [6.07, 6.45) is 3.95. The van der Waals surface area contributed by atoms with Crippen LogP contribution in [0, 0.1) is 13.8 Å². The van der Waals surface area contributed by atoms with E-state index >= 15 is 0 Å². The molecule has 0 aromatic heterocycles. The van der Waals surface area contributed by atoms with Gasteiger partial charge in [-0.25, -0.2) is 0 Å². The molecule has 15 heavy (non-hydrogen) atoms. The van der Waals surface area contributed by atoms with Crippen LogP contribution in [-0.2, 0) is 0 Å². The minimum absolute atomic E-state index is 0.777. The van der Waals surface area contributed by atoms with Gasteiger partial charge in [0.1, 0.15) is 0 Å². The second-order valence-corrected chi connectivity index (χ2v) is 4.72. The molecule has 0 spiro atoms. The van der Waals surface area contributed by atoms with Crippen LogP contribution in [0.4, 0.5) is 0 Å². The van der Waals surface area contributed by atoms with E-state index in [9.17, 15) is 0 Å². The highest BCUT2D eigenvalue weighted by molar-refractivity contribution is 5.32. The van der Waals surface area contributed by atoms with E-state index in [0.29, 0.717) is 0 Å². The Morgan fingerprint density at radius 1 is 1.07 bits per heavy atom. The molecule has 1 aliphatic heterocycles. The van der Waals surface area contributed by atoms with E-state index < -0.39 is 0 Å². The minimum atomic E-state index is 0.777. The van der Waals surface area contributed by atoms with Crippen LogP contribution in [0.2, 0.25) is 0 Å². The van der Waals surface area contributed by atoms with Crippen LogP contribution in [0.15, 0.2) is 18.2 Å². The van der Waals surface area contributed by atoms with Gasteiger partial charge in [0.2, 0.25) is 0 Å². The summed E-state index contributed by atoms with van der Waals surface area (Å²) in [6.45, 7) is 6.78. The first-order chi connectivity index (χ1) is 7.27. The summed E-state index contributed by atoms with van der Waals surface area (Å²) in [7, 11) is 0.